The van der Waals surface area contributed by atoms with E-state index in [1.807, 2.05) is 30.3 Å². The third-order valence-corrected chi connectivity index (χ3v) is 4.78. The Morgan fingerprint density at radius 3 is 2.39 bits per heavy atom. The molecule has 0 heterocycles. The molecule has 0 aromatic heterocycles. The molecule has 0 bridgehead atoms. The van der Waals surface area contributed by atoms with E-state index < -0.39 is 0 Å². The number of hydrogen-bond acceptors (Lipinski definition) is 1. The molecule has 23 heavy (non-hydrogen) atoms. The lowest BCUT2D eigenvalue weighted by Gasteiger charge is -2.33. The number of para-hydroxylation sites is 1. The molecule has 0 aliphatic heterocycles. The van der Waals surface area contributed by atoms with E-state index in [0.717, 1.165) is 11.4 Å². The van der Waals surface area contributed by atoms with E-state index in [-0.39, 0.29) is 5.41 Å². The van der Waals surface area contributed by atoms with Crippen LogP contribution in [0.5, 0.6) is 0 Å². The van der Waals surface area contributed by atoms with Crippen LogP contribution in [0.4, 0.5) is 5.69 Å². The van der Waals surface area contributed by atoms with E-state index in [2.05, 4.69) is 68.7 Å². The van der Waals surface area contributed by atoms with E-state index in [9.17, 15) is 0 Å². The van der Waals surface area contributed by atoms with E-state index in [4.69, 9.17) is 12.2 Å². The van der Waals surface area contributed by atoms with Crippen LogP contribution >= 0.6 is 12.2 Å². The van der Waals surface area contributed by atoms with Gasteiger partial charge in [-0.15, -0.1) is 0 Å². The number of rotatable bonds is 4. The van der Waals surface area contributed by atoms with Gasteiger partial charge in [0.15, 0.2) is 5.11 Å². The molecule has 2 nitrogen and oxygen atoms in total. The SMILES string of the molecule is CC(C)C(C)C1(C)C=CC=CC(NC(=S)Nc2ccccc2)=C1. The number of allylic oxidation sites excluding steroid dienone is 5. The van der Waals surface area contributed by atoms with Crippen LogP contribution in [0.3, 0.4) is 0 Å². The zero-order valence-electron chi connectivity index (χ0n) is 14.3. The van der Waals surface area contributed by atoms with Crippen molar-refractivity contribution in [1.82, 2.24) is 5.32 Å². The predicted molar refractivity (Wildman–Crippen MR) is 104 cm³/mol. The lowest BCUT2D eigenvalue weighted by Crippen LogP contribution is -2.30. The first kappa shape index (κ1) is 17.5. The molecule has 0 saturated carbocycles. The van der Waals surface area contributed by atoms with Crippen molar-refractivity contribution in [3.63, 3.8) is 0 Å². The zero-order valence-corrected chi connectivity index (χ0v) is 15.2. The highest BCUT2D eigenvalue weighted by atomic mass is 32.1. The molecule has 0 amide bonds. The molecule has 2 N–H and O–H groups in total. The quantitative estimate of drug-likeness (QED) is 0.736. The molecule has 2 atom stereocenters. The molecule has 3 heteroatoms. The van der Waals surface area contributed by atoms with Gasteiger partial charge in [0.1, 0.15) is 0 Å². The number of thiocarbonyl (C=S) groups is 1. The molecule has 0 radical (unpaired) electrons. The molecule has 2 rings (SSSR count). The summed E-state index contributed by atoms with van der Waals surface area (Å²) in [5.74, 6) is 1.14. The largest absolute Gasteiger partial charge is 0.333 e. The standard InChI is InChI=1S/C20H26N2S/c1-15(2)16(3)20(4)13-9-8-12-18(14-20)22-19(23)21-17-10-6-5-7-11-17/h5-16H,1-4H3,(H2,21,22,23). The van der Waals surface area contributed by atoms with E-state index in [1.165, 1.54) is 0 Å². The second-order valence-corrected chi connectivity index (χ2v) is 7.07. The number of anilines is 1. The molecule has 0 saturated heterocycles. The smallest absolute Gasteiger partial charge is 0.175 e. The maximum absolute atomic E-state index is 5.44. The number of nitrogens with one attached hydrogen (secondary N) is 2. The van der Waals surface area contributed by atoms with Crippen LogP contribution in [0.15, 0.2) is 66.4 Å². The van der Waals surface area contributed by atoms with Gasteiger partial charge in [0.25, 0.3) is 0 Å². The summed E-state index contributed by atoms with van der Waals surface area (Å²) in [5, 5.41) is 7.13. The van der Waals surface area contributed by atoms with Crippen molar-refractivity contribution in [3.8, 4) is 0 Å². The van der Waals surface area contributed by atoms with Gasteiger partial charge in [-0.25, -0.2) is 0 Å². The first-order chi connectivity index (χ1) is 10.9. The molecule has 0 spiro atoms. The van der Waals surface area contributed by atoms with Crippen LogP contribution in [-0.4, -0.2) is 5.11 Å². The minimum Gasteiger partial charge on any atom is -0.333 e. The van der Waals surface area contributed by atoms with Gasteiger partial charge in [-0.1, -0.05) is 70.2 Å². The highest BCUT2D eigenvalue weighted by Crippen LogP contribution is 2.37. The van der Waals surface area contributed by atoms with Gasteiger partial charge in [-0.3, -0.25) is 0 Å². The Morgan fingerprint density at radius 1 is 1.04 bits per heavy atom. The maximum Gasteiger partial charge on any atom is 0.175 e. The average molecular weight is 327 g/mol. The highest BCUT2D eigenvalue weighted by Gasteiger charge is 2.29. The van der Waals surface area contributed by atoms with Crippen LogP contribution in [0.2, 0.25) is 0 Å². The second-order valence-electron chi connectivity index (χ2n) is 6.66. The van der Waals surface area contributed by atoms with Gasteiger partial charge < -0.3 is 10.6 Å². The molecular weight excluding hydrogens is 300 g/mol. The molecule has 0 fully saturated rings. The maximum atomic E-state index is 5.44. The lowest BCUT2D eigenvalue weighted by atomic mass is 9.72. The monoisotopic (exact) mass is 326 g/mol. The Bertz CT molecular complexity index is 628. The molecular formula is C20H26N2S. The first-order valence-corrected chi connectivity index (χ1v) is 8.53. The van der Waals surface area contributed by atoms with E-state index >= 15 is 0 Å². The Morgan fingerprint density at radius 2 is 1.74 bits per heavy atom. The minimum absolute atomic E-state index is 0.00234. The average Bonchev–Trinajstić information content (AvgIpc) is 2.69. The molecule has 1 aromatic carbocycles. The van der Waals surface area contributed by atoms with E-state index in [1.54, 1.807) is 0 Å². The highest BCUT2D eigenvalue weighted by molar-refractivity contribution is 7.80. The Hall–Kier alpha value is -1.87. The van der Waals surface area contributed by atoms with Gasteiger partial charge in [0, 0.05) is 16.8 Å². The third kappa shape index (κ3) is 4.80. The predicted octanol–water partition coefficient (Wildman–Crippen LogP) is 5.28. The molecule has 2 unspecified atom stereocenters. The molecule has 122 valence electrons. The lowest BCUT2D eigenvalue weighted by molar-refractivity contribution is 0.266. The fourth-order valence-electron chi connectivity index (χ4n) is 2.75. The normalized spacial score (nSPS) is 21.5. The Labute approximate surface area is 145 Å². The zero-order chi connectivity index (χ0) is 16.9. The Kier molecular flexibility index (Phi) is 5.78. The summed E-state index contributed by atoms with van der Waals surface area (Å²) < 4.78 is 0. The Balaban J connectivity index is 2.11. The third-order valence-electron chi connectivity index (χ3n) is 4.58. The van der Waals surface area contributed by atoms with Crippen molar-refractivity contribution in [1.29, 1.82) is 0 Å². The summed E-state index contributed by atoms with van der Waals surface area (Å²) in [5.41, 5.74) is 2.01. The van der Waals surface area contributed by atoms with Gasteiger partial charge >= 0.3 is 0 Å². The van der Waals surface area contributed by atoms with Gasteiger partial charge in [0.05, 0.1) is 0 Å². The van der Waals surface area contributed by atoms with Crippen LogP contribution in [-0.2, 0) is 0 Å². The summed E-state index contributed by atoms with van der Waals surface area (Å²) in [6, 6.07) is 9.96. The topological polar surface area (TPSA) is 24.1 Å². The van der Waals surface area contributed by atoms with Crippen molar-refractivity contribution in [3.05, 3.63) is 66.4 Å². The van der Waals surface area contributed by atoms with Crippen molar-refractivity contribution in [2.24, 2.45) is 17.3 Å². The van der Waals surface area contributed by atoms with Crippen LogP contribution in [0, 0.1) is 17.3 Å². The van der Waals surface area contributed by atoms with Crippen molar-refractivity contribution >= 4 is 23.0 Å². The van der Waals surface area contributed by atoms with Crippen LogP contribution in [0.1, 0.15) is 27.7 Å². The fourth-order valence-corrected chi connectivity index (χ4v) is 2.98. The molecule has 1 aliphatic carbocycles. The summed E-state index contributed by atoms with van der Waals surface area (Å²) >= 11 is 5.44. The van der Waals surface area contributed by atoms with Crippen molar-refractivity contribution in [2.45, 2.75) is 27.7 Å². The molecule has 1 aliphatic rings. The summed E-state index contributed by atoms with van der Waals surface area (Å²) in [4.78, 5) is 0. The number of benzene rings is 1. The van der Waals surface area contributed by atoms with Gasteiger partial charge in [-0.2, -0.15) is 0 Å². The second kappa shape index (κ2) is 7.60. The summed E-state index contributed by atoms with van der Waals surface area (Å²) in [7, 11) is 0. The summed E-state index contributed by atoms with van der Waals surface area (Å²) in [6.07, 6.45) is 10.8. The van der Waals surface area contributed by atoms with Crippen molar-refractivity contribution in [2.75, 3.05) is 5.32 Å². The van der Waals surface area contributed by atoms with Gasteiger partial charge in [0.2, 0.25) is 0 Å². The van der Waals surface area contributed by atoms with Gasteiger partial charge in [-0.05, 0) is 42.3 Å². The minimum atomic E-state index is 0.00234. The first-order valence-electron chi connectivity index (χ1n) is 8.12. The van der Waals surface area contributed by atoms with Crippen molar-refractivity contribution < 1.29 is 0 Å². The van der Waals surface area contributed by atoms with Crippen LogP contribution in [0.25, 0.3) is 0 Å². The molecule has 1 aromatic rings. The van der Waals surface area contributed by atoms with E-state index in [0.29, 0.717) is 16.9 Å². The fraction of sp³-hybridized carbons (Fsp3) is 0.350. The number of hydrogen-bond donors (Lipinski definition) is 2. The summed E-state index contributed by atoms with van der Waals surface area (Å²) in [6.45, 7) is 9.11. The van der Waals surface area contributed by atoms with Crippen LogP contribution < -0.4 is 10.6 Å².